The second-order valence-corrected chi connectivity index (χ2v) is 5.19. The van der Waals surface area contributed by atoms with Gasteiger partial charge in [0.25, 0.3) is 0 Å². The lowest BCUT2D eigenvalue weighted by Gasteiger charge is -2.14. The third kappa shape index (κ3) is 1.40. The Labute approximate surface area is 116 Å². The van der Waals surface area contributed by atoms with E-state index in [2.05, 4.69) is 36.4 Å². The molecular formula is C18H14O2. The van der Waals surface area contributed by atoms with Gasteiger partial charge in [-0.25, -0.2) is 0 Å². The van der Waals surface area contributed by atoms with Crippen LogP contribution >= 0.6 is 0 Å². The van der Waals surface area contributed by atoms with Crippen molar-refractivity contribution in [2.75, 3.05) is 0 Å². The summed E-state index contributed by atoms with van der Waals surface area (Å²) in [4.78, 5) is 0. The summed E-state index contributed by atoms with van der Waals surface area (Å²) < 4.78 is 0. The second-order valence-electron chi connectivity index (χ2n) is 5.19. The topological polar surface area (TPSA) is 40.5 Å². The molecule has 0 amide bonds. The molecule has 2 nitrogen and oxygen atoms in total. The van der Waals surface area contributed by atoms with Crippen molar-refractivity contribution in [3.05, 3.63) is 59.7 Å². The molecule has 98 valence electrons. The zero-order valence-corrected chi connectivity index (χ0v) is 10.9. The average Bonchev–Trinajstić information content (AvgIpc) is 2.52. The van der Waals surface area contributed by atoms with Gasteiger partial charge < -0.3 is 10.2 Å². The van der Waals surface area contributed by atoms with Crippen LogP contribution in [0.1, 0.15) is 11.1 Å². The molecule has 0 aliphatic carbocycles. The maximum Gasteiger partial charge on any atom is 0.0687 e. The smallest absolute Gasteiger partial charge is 0.0687 e. The van der Waals surface area contributed by atoms with Gasteiger partial charge in [0.05, 0.1) is 13.2 Å². The van der Waals surface area contributed by atoms with E-state index in [1.54, 1.807) is 0 Å². The largest absolute Gasteiger partial charge is 0.392 e. The predicted octanol–water partition coefficient (Wildman–Crippen LogP) is 3.57. The van der Waals surface area contributed by atoms with Crippen molar-refractivity contribution in [2.45, 2.75) is 13.2 Å². The molecule has 0 bridgehead atoms. The van der Waals surface area contributed by atoms with Crippen LogP contribution in [-0.4, -0.2) is 10.2 Å². The minimum atomic E-state index is 0.0427. The van der Waals surface area contributed by atoms with Crippen LogP contribution in [0, 0.1) is 0 Å². The van der Waals surface area contributed by atoms with E-state index < -0.39 is 0 Å². The monoisotopic (exact) mass is 262 g/mol. The molecule has 0 spiro atoms. The van der Waals surface area contributed by atoms with Crippen LogP contribution in [0.15, 0.2) is 48.5 Å². The quantitative estimate of drug-likeness (QED) is 0.542. The van der Waals surface area contributed by atoms with Gasteiger partial charge >= 0.3 is 0 Å². The molecule has 0 heterocycles. The highest BCUT2D eigenvalue weighted by molar-refractivity contribution is 6.24. The van der Waals surface area contributed by atoms with E-state index >= 15 is 0 Å². The van der Waals surface area contributed by atoms with Gasteiger partial charge in [0.1, 0.15) is 0 Å². The van der Waals surface area contributed by atoms with E-state index in [0.717, 1.165) is 21.9 Å². The van der Waals surface area contributed by atoms with Crippen LogP contribution in [0.2, 0.25) is 0 Å². The number of rotatable bonds is 2. The van der Waals surface area contributed by atoms with Crippen molar-refractivity contribution < 1.29 is 10.2 Å². The van der Waals surface area contributed by atoms with Crippen molar-refractivity contribution in [1.29, 1.82) is 0 Å². The summed E-state index contributed by atoms with van der Waals surface area (Å²) in [7, 11) is 0. The van der Waals surface area contributed by atoms with Gasteiger partial charge in [-0.2, -0.15) is 0 Å². The van der Waals surface area contributed by atoms with Crippen LogP contribution in [0.5, 0.6) is 0 Å². The van der Waals surface area contributed by atoms with Crippen molar-refractivity contribution in [2.24, 2.45) is 0 Å². The standard InChI is InChI=1S/C18H14O2/c19-9-13-3-1-11-5-7-16-14(10-20)4-2-12-6-8-15(13)17(11)18(12)16/h1-8,19-20H,9-10H2. The Bertz CT molecular complexity index is 847. The summed E-state index contributed by atoms with van der Waals surface area (Å²) in [6, 6.07) is 16.4. The zero-order valence-electron chi connectivity index (χ0n) is 10.9. The first kappa shape index (κ1) is 11.6. The van der Waals surface area contributed by atoms with Gasteiger partial charge in [0.15, 0.2) is 0 Å². The lowest BCUT2D eigenvalue weighted by Crippen LogP contribution is -1.92. The van der Waals surface area contributed by atoms with Crippen LogP contribution in [0.25, 0.3) is 32.3 Å². The molecule has 0 aliphatic heterocycles. The van der Waals surface area contributed by atoms with Crippen molar-refractivity contribution in [3.8, 4) is 0 Å². The lowest BCUT2D eigenvalue weighted by molar-refractivity contribution is 0.283. The molecule has 0 radical (unpaired) electrons. The Morgan fingerprint density at radius 3 is 1.35 bits per heavy atom. The first-order chi connectivity index (χ1) is 9.83. The summed E-state index contributed by atoms with van der Waals surface area (Å²) >= 11 is 0. The number of aliphatic hydroxyl groups excluding tert-OH is 2. The van der Waals surface area contributed by atoms with Gasteiger partial charge in [-0.15, -0.1) is 0 Å². The fraction of sp³-hybridized carbons (Fsp3) is 0.111. The third-order valence-electron chi connectivity index (χ3n) is 4.19. The highest BCUT2D eigenvalue weighted by atomic mass is 16.3. The predicted molar refractivity (Wildman–Crippen MR) is 82.0 cm³/mol. The van der Waals surface area contributed by atoms with E-state index in [-0.39, 0.29) is 13.2 Å². The van der Waals surface area contributed by atoms with Crippen molar-refractivity contribution >= 4 is 32.3 Å². The SMILES string of the molecule is OCc1ccc2ccc3c(CO)ccc4ccc1c2c43. The third-order valence-corrected chi connectivity index (χ3v) is 4.19. The maximum absolute atomic E-state index is 9.53. The number of benzene rings is 4. The summed E-state index contributed by atoms with van der Waals surface area (Å²) in [5.74, 6) is 0. The summed E-state index contributed by atoms with van der Waals surface area (Å²) in [5, 5.41) is 26.0. The molecule has 4 rings (SSSR count). The van der Waals surface area contributed by atoms with E-state index in [4.69, 9.17) is 0 Å². The summed E-state index contributed by atoms with van der Waals surface area (Å²) in [5.41, 5.74) is 1.89. The first-order valence-corrected chi connectivity index (χ1v) is 6.73. The molecule has 0 aromatic heterocycles. The van der Waals surface area contributed by atoms with Crippen molar-refractivity contribution in [3.63, 3.8) is 0 Å². The Kier molecular flexibility index (Phi) is 2.43. The van der Waals surface area contributed by atoms with Crippen molar-refractivity contribution in [1.82, 2.24) is 0 Å². The molecule has 0 atom stereocenters. The van der Waals surface area contributed by atoms with Gasteiger partial charge in [-0.05, 0) is 43.4 Å². The first-order valence-electron chi connectivity index (χ1n) is 6.73. The van der Waals surface area contributed by atoms with Gasteiger partial charge in [-0.1, -0.05) is 48.5 Å². The molecule has 4 aromatic carbocycles. The molecule has 4 aromatic rings. The summed E-state index contributed by atoms with van der Waals surface area (Å²) in [6.45, 7) is 0.0854. The summed E-state index contributed by atoms with van der Waals surface area (Å²) in [6.07, 6.45) is 0. The molecule has 2 heteroatoms. The van der Waals surface area contributed by atoms with Gasteiger partial charge in [0, 0.05) is 0 Å². The lowest BCUT2D eigenvalue weighted by atomic mass is 9.90. The van der Waals surface area contributed by atoms with Crippen LogP contribution < -0.4 is 0 Å². The molecule has 2 N–H and O–H groups in total. The molecule has 0 fully saturated rings. The minimum absolute atomic E-state index is 0.0427. The fourth-order valence-corrected chi connectivity index (χ4v) is 3.20. The van der Waals surface area contributed by atoms with Gasteiger partial charge in [0.2, 0.25) is 0 Å². The average molecular weight is 262 g/mol. The van der Waals surface area contributed by atoms with E-state index in [9.17, 15) is 10.2 Å². The Morgan fingerprint density at radius 1 is 0.550 bits per heavy atom. The molecule has 0 unspecified atom stereocenters. The number of aliphatic hydroxyl groups is 2. The van der Waals surface area contributed by atoms with Gasteiger partial charge in [-0.3, -0.25) is 0 Å². The zero-order chi connectivity index (χ0) is 13.7. The highest BCUT2D eigenvalue weighted by Crippen LogP contribution is 2.37. The van der Waals surface area contributed by atoms with E-state index in [1.807, 2.05) is 12.1 Å². The molecule has 0 saturated heterocycles. The highest BCUT2D eigenvalue weighted by Gasteiger charge is 2.12. The molecule has 20 heavy (non-hydrogen) atoms. The molecule has 0 saturated carbocycles. The van der Waals surface area contributed by atoms with Crippen LogP contribution in [0.4, 0.5) is 0 Å². The van der Waals surface area contributed by atoms with Crippen LogP contribution in [-0.2, 0) is 13.2 Å². The van der Waals surface area contributed by atoms with Crippen LogP contribution in [0.3, 0.4) is 0 Å². The minimum Gasteiger partial charge on any atom is -0.392 e. The molecular weight excluding hydrogens is 248 g/mol. The van der Waals surface area contributed by atoms with E-state index in [0.29, 0.717) is 0 Å². The fourth-order valence-electron chi connectivity index (χ4n) is 3.20. The second kappa shape index (κ2) is 4.17. The number of hydrogen-bond acceptors (Lipinski definition) is 2. The van der Waals surface area contributed by atoms with E-state index in [1.165, 1.54) is 21.5 Å². The molecule has 0 aliphatic rings. The number of hydrogen-bond donors (Lipinski definition) is 2. The normalized spacial score (nSPS) is 11.9. The maximum atomic E-state index is 9.53. The Hall–Kier alpha value is -2.16. The Balaban J connectivity index is 2.33. The Morgan fingerprint density at radius 2 is 0.950 bits per heavy atom.